The first-order valence-corrected chi connectivity index (χ1v) is 6.27. The van der Waals surface area contributed by atoms with Crippen molar-refractivity contribution in [3.8, 4) is 11.5 Å². The number of aromatic hydroxyl groups is 1. The smallest absolute Gasteiger partial charge is 0.142 e. The van der Waals surface area contributed by atoms with E-state index in [-0.39, 0.29) is 0 Å². The van der Waals surface area contributed by atoms with Gasteiger partial charge in [-0.25, -0.2) is 0 Å². The minimum Gasteiger partial charge on any atom is -0.508 e. The Morgan fingerprint density at radius 2 is 1.74 bits per heavy atom. The number of hydrogen-bond acceptors (Lipinski definition) is 3. The predicted octanol–water partition coefficient (Wildman–Crippen LogP) is 3.63. The van der Waals surface area contributed by atoms with Crippen molar-refractivity contribution in [1.29, 1.82) is 0 Å². The monoisotopic (exact) mass is 257 g/mol. The SMILES string of the molecule is COc1cc(C)ccc1NCc1cc(C)ccc1O. The second-order valence-corrected chi connectivity index (χ2v) is 4.69. The molecule has 0 unspecified atom stereocenters. The van der Waals surface area contributed by atoms with Gasteiger partial charge in [0.15, 0.2) is 0 Å². The lowest BCUT2D eigenvalue weighted by Gasteiger charge is -2.13. The number of rotatable bonds is 4. The van der Waals surface area contributed by atoms with Gasteiger partial charge in [0.05, 0.1) is 12.8 Å². The Morgan fingerprint density at radius 1 is 1.05 bits per heavy atom. The number of benzene rings is 2. The van der Waals surface area contributed by atoms with Crippen LogP contribution >= 0.6 is 0 Å². The van der Waals surface area contributed by atoms with Crippen LogP contribution in [0, 0.1) is 13.8 Å². The Morgan fingerprint density at radius 3 is 2.47 bits per heavy atom. The van der Waals surface area contributed by atoms with E-state index in [2.05, 4.69) is 5.32 Å². The molecule has 3 nitrogen and oxygen atoms in total. The Balaban J connectivity index is 2.16. The third-order valence-electron chi connectivity index (χ3n) is 3.06. The average molecular weight is 257 g/mol. The molecule has 19 heavy (non-hydrogen) atoms. The van der Waals surface area contributed by atoms with Gasteiger partial charge in [-0.1, -0.05) is 23.8 Å². The Hall–Kier alpha value is -2.16. The van der Waals surface area contributed by atoms with Gasteiger partial charge in [0.1, 0.15) is 11.5 Å². The summed E-state index contributed by atoms with van der Waals surface area (Å²) < 4.78 is 5.34. The molecule has 0 aliphatic heterocycles. The van der Waals surface area contributed by atoms with Crippen LogP contribution in [0.1, 0.15) is 16.7 Å². The molecule has 2 aromatic rings. The number of methoxy groups -OCH3 is 1. The fraction of sp³-hybridized carbons (Fsp3) is 0.250. The van der Waals surface area contributed by atoms with Gasteiger partial charge < -0.3 is 15.2 Å². The molecule has 3 heteroatoms. The highest BCUT2D eigenvalue weighted by Gasteiger charge is 2.05. The largest absolute Gasteiger partial charge is 0.508 e. The maximum atomic E-state index is 9.81. The number of anilines is 1. The number of aryl methyl sites for hydroxylation is 2. The van der Waals surface area contributed by atoms with Crippen LogP contribution in [0.3, 0.4) is 0 Å². The summed E-state index contributed by atoms with van der Waals surface area (Å²) in [6.07, 6.45) is 0. The summed E-state index contributed by atoms with van der Waals surface area (Å²) >= 11 is 0. The van der Waals surface area contributed by atoms with Gasteiger partial charge in [-0.3, -0.25) is 0 Å². The number of ether oxygens (including phenoxy) is 1. The molecule has 0 aromatic heterocycles. The first-order valence-electron chi connectivity index (χ1n) is 6.27. The minimum absolute atomic E-state index is 0.309. The molecule has 2 aromatic carbocycles. The normalized spacial score (nSPS) is 10.3. The second-order valence-electron chi connectivity index (χ2n) is 4.69. The fourth-order valence-corrected chi connectivity index (χ4v) is 1.99. The van der Waals surface area contributed by atoms with Gasteiger partial charge in [0.2, 0.25) is 0 Å². The van der Waals surface area contributed by atoms with E-state index in [0.29, 0.717) is 12.3 Å². The van der Waals surface area contributed by atoms with Crippen molar-refractivity contribution >= 4 is 5.69 Å². The van der Waals surface area contributed by atoms with Crippen molar-refractivity contribution in [3.63, 3.8) is 0 Å². The van der Waals surface area contributed by atoms with Crippen LogP contribution in [0.15, 0.2) is 36.4 Å². The summed E-state index contributed by atoms with van der Waals surface area (Å²) in [7, 11) is 1.66. The summed E-state index contributed by atoms with van der Waals surface area (Å²) in [6.45, 7) is 4.60. The molecule has 0 radical (unpaired) electrons. The van der Waals surface area contributed by atoms with Gasteiger partial charge in [0, 0.05) is 12.1 Å². The highest BCUT2D eigenvalue weighted by Crippen LogP contribution is 2.27. The molecule has 0 saturated heterocycles. The number of nitrogens with one attached hydrogen (secondary N) is 1. The molecule has 0 spiro atoms. The Kier molecular flexibility index (Phi) is 3.95. The van der Waals surface area contributed by atoms with E-state index in [4.69, 9.17) is 4.74 Å². The molecule has 0 amide bonds. The second kappa shape index (κ2) is 5.65. The zero-order valence-corrected chi connectivity index (χ0v) is 11.5. The van der Waals surface area contributed by atoms with Gasteiger partial charge in [-0.05, 0) is 37.6 Å². The summed E-state index contributed by atoms with van der Waals surface area (Å²) in [5.41, 5.74) is 4.09. The molecule has 0 bridgehead atoms. The molecule has 2 rings (SSSR count). The number of phenolic OH excluding ortho intramolecular Hbond substituents is 1. The van der Waals surface area contributed by atoms with Crippen molar-refractivity contribution in [1.82, 2.24) is 0 Å². The molecule has 0 heterocycles. The van der Waals surface area contributed by atoms with Crippen LogP contribution in [0.25, 0.3) is 0 Å². The van der Waals surface area contributed by atoms with E-state index in [1.54, 1.807) is 13.2 Å². The summed E-state index contributed by atoms with van der Waals surface area (Å²) in [5.74, 6) is 1.12. The topological polar surface area (TPSA) is 41.5 Å². The highest BCUT2D eigenvalue weighted by atomic mass is 16.5. The molecule has 0 aliphatic carbocycles. The van der Waals surface area contributed by atoms with E-state index in [1.165, 1.54) is 0 Å². The van der Waals surface area contributed by atoms with Crippen LogP contribution in [0.4, 0.5) is 5.69 Å². The molecule has 2 N–H and O–H groups in total. The Labute approximate surface area is 113 Å². The number of hydrogen-bond donors (Lipinski definition) is 2. The molecule has 0 fully saturated rings. The van der Waals surface area contributed by atoms with Crippen LogP contribution in [-0.2, 0) is 6.54 Å². The maximum Gasteiger partial charge on any atom is 0.142 e. The molecular weight excluding hydrogens is 238 g/mol. The first-order chi connectivity index (χ1) is 9.10. The molecule has 0 saturated carbocycles. The lowest BCUT2D eigenvalue weighted by Crippen LogP contribution is -2.02. The van der Waals surface area contributed by atoms with Crippen LogP contribution in [-0.4, -0.2) is 12.2 Å². The van der Waals surface area contributed by atoms with Crippen molar-refractivity contribution in [2.75, 3.05) is 12.4 Å². The summed E-state index contributed by atoms with van der Waals surface area (Å²) in [6, 6.07) is 11.6. The molecule has 0 atom stereocenters. The van der Waals surface area contributed by atoms with E-state index in [0.717, 1.165) is 28.1 Å². The van der Waals surface area contributed by atoms with E-state index < -0.39 is 0 Å². The van der Waals surface area contributed by atoms with Gasteiger partial charge in [-0.15, -0.1) is 0 Å². The lowest BCUT2D eigenvalue weighted by atomic mass is 10.1. The van der Waals surface area contributed by atoms with Crippen LogP contribution in [0.2, 0.25) is 0 Å². The van der Waals surface area contributed by atoms with E-state index in [9.17, 15) is 5.11 Å². The van der Waals surface area contributed by atoms with Gasteiger partial charge in [0.25, 0.3) is 0 Å². The predicted molar refractivity (Wildman–Crippen MR) is 77.9 cm³/mol. The zero-order chi connectivity index (χ0) is 13.8. The zero-order valence-electron chi connectivity index (χ0n) is 11.5. The number of phenols is 1. The lowest BCUT2D eigenvalue weighted by molar-refractivity contribution is 0.416. The van der Waals surface area contributed by atoms with E-state index >= 15 is 0 Å². The van der Waals surface area contributed by atoms with Crippen molar-refractivity contribution in [3.05, 3.63) is 53.1 Å². The van der Waals surface area contributed by atoms with Crippen molar-refractivity contribution < 1.29 is 9.84 Å². The summed E-state index contributed by atoms with van der Waals surface area (Å²) in [5, 5.41) is 13.1. The third-order valence-corrected chi connectivity index (χ3v) is 3.06. The molecule has 100 valence electrons. The summed E-state index contributed by atoms with van der Waals surface area (Å²) in [4.78, 5) is 0. The minimum atomic E-state index is 0.309. The Bertz CT molecular complexity index is 579. The average Bonchev–Trinajstić information content (AvgIpc) is 2.40. The van der Waals surface area contributed by atoms with Crippen molar-refractivity contribution in [2.45, 2.75) is 20.4 Å². The standard InChI is InChI=1S/C16H19NO2/c1-11-5-7-15(18)13(8-11)10-17-14-6-4-12(2)9-16(14)19-3/h4-9,17-18H,10H2,1-3H3. The maximum absolute atomic E-state index is 9.81. The van der Waals surface area contributed by atoms with Crippen LogP contribution in [0.5, 0.6) is 11.5 Å². The third kappa shape index (κ3) is 3.19. The van der Waals surface area contributed by atoms with Crippen molar-refractivity contribution in [2.24, 2.45) is 0 Å². The van der Waals surface area contributed by atoms with Crippen LogP contribution < -0.4 is 10.1 Å². The fourth-order valence-electron chi connectivity index (χ4n) is 1.99. The van der Waals surface area contributed by atoms with Gasteiger partial charge >= 0.3 is 0 Å². The van der Waals surface area contributed by atoms with Gasteiger partial charge in [-0.2, -0.15) is 0 Å². The van der Waals surface area contributed by atoms with E-state index in [1.807, 2.05) is 44.2 Å². The first kappa shape index (κ1) is 13.3. The quantitative estimate of drug-likeness (QED) is 0.878. The molecular formula is C16H19NO2. The molecule has 0 aliphatic rings. The highest BCUT2D eigenvalue weighted by molar-refractivity contribution is 5.58.